The van der Waals surface area contributed by atoms with Crippen LogP contribution in [0.1, 0.15) is 58.8 Å². The molecule has 37 heavy (non-hydrogen) atoms. The molecule has 5 rings (SSSR count). The molecular formula is C32H40N4O. The van der Waals surface area contributed by atoms with E-state index in [-0.39, 0.29) is 11.9 Å². The predicted molar refractivity (Wildman–Crippen MR) is 153 cm³/mol. The van der Waals surface area contributed by atoms with Crippen molar-refractivity contribution < 1.29 is 4.79 Å². The summed E-state index contributed by atoms with van der Waals surface area (Å²) in [6.07, 6.45) is 2.42. The van der Waals surface area contributed by atoms with Crippen LogP contribution in [0, 0.1) is 6.92 Å². The summed E-state index contributed by atoms with van der Waals surface area (Å²) in [6, 6.07) is 23.8. The maximum Gasteiger partial charge on any atom is 0.252 e. The Hall–Kier alpha value is -3.15. The number of nitrogens with one attached hydrogen (secondary N) is 2. The van der Waals surface area contributed by atoms with E-state index in [9.17, 15) is 4.79 Å². The molecule has 2 heterocycles. The van der Waals surface area contributed by atoms with Crippen molar-refractivity contribution >= 4 is 11.6 Å². The zero-order chi connectivity index (χ0) is 25.8. The topological polar surface area (TPSA) is 47.6 Å². The zero-order valence-electron chi connectivity index (χ0n) is 22.5. The third kappa shape index (κ3) is 6.06. The predicted octanol–water partition coefficient (Wildman–Crippen LogP) is 5.37. The van der Waals surface area contributed by atoms with Crippen LogP contribution in [-0.4, -0.2) is 57.1 Å². The Balaban J connectivity index is 1.27. The molecule has 1 amide bonds. The second kappa shape index (κ2) is 11.5. The summed E-state index contributed by atoms with van der Waals surface area (Å²) < 4.78 is 0. The molecule has 0 aromatic heterocycles. The van der Waals surface area contributed by atoms with Crippen molar-refractivity contribution in [1.82, 2.24) is 15.5 Å². The van der Waals surface area contributed by atoms with Gasteiger partial charge in [0.25, 0.3) is 5.91 Å². The first-order valence-electron chi connectivity index (χ1n) is 13.7. The molecule has 2 fully saturated rings. The van der Waals surface area contributed by atoms with Gasteiger partial charge in [-0.3, -0.25) is 4.79 Å². The average Bonchev–Trinajstić information content (AvgIpc) is 2.94. The van der Waals surface area contributed by atoms with Gasteiger partial charge in [0.05, 0.1) is 6.04 Å². The number of amides is 1. The summed E-state index contributed by atoms with van der Waals surface area (Å²) >= 11 is 0. The van der Waals surface area contributed by atoms with Crippen LogP contribution in [0.25, 0.3) is 11.1 Å². The first kappa shape index (κ1) is 25.5. The highest BCUT2D eigenvalue weighted by molar-refractivity contribution is 5.97. The third-order valence-electron chi connectivity index (χ3n) is 8.12. The molecular weight excluding hydrogens is 456 g/mol. The van der Waals surface area contributed by atoms with E-state index in [0.29, 0.717) is 5.92 Å². The second-order valence-corrected chi connectivity index (χ2v) is 10.8. The van der Waals surface area contributed by atoms with Gasteiger partial charge < -0.3 is 20.4 Å². The molecule has 0 spiro atoms. The van der Waals surface area contributed by atoms with Gasteiger partial charge in [0, 0.05) is 37.4 Å². The van der Waals surface area contributed by atoms with E-state index < -0.39 is 0 Å². The zero-order valence-corrected chi connectivity index (χ0v) is 22.5. The molecule has 0 saturated carbocycles. The van der Waals surface area contributed by atoms with Crippen LogP contribution in [-0.2, 0) is 0 Å². The second-order valence-electron chi connectivity index (χ2n) is 10.8. The van der Waals surface area contributed by atoms with E-state index in [4.69, 9.17) is 0 Å². The lowest BCUT2D eigenvalue weighted by molar-refractivity contribution is 0.0939. The molecule has 0 aliphatic carbocycles. The number of likely N-dealkylation sites (N-methyl/N-ethyl adjacent to an activating group) is 1. The van der Waals surface area contributed by atoms with Gasteiger partial charge in [0.2, 0.25) is 0 Å². The summed E-state index contributed by atoms with van der Waals surface area (Å²) in [6.45, 7) is 10.4. The van der Waals surface area contributed by atoms with Crippen LogP contribution in [0.4, 0.5) is 5.69 Å². The lowest BCUT2D eigenvalue weighted by Crippen LogP contribution is -2.44. The van der Waals surface area contributed by atoms with Gasteiger partial charge in [-0.05, 0) is 98.8 Å². The highest BCUT2D eigenvalue weighted by Gasteiger charge is 2.19. The van der Waals surface area contributed by atoms with Crippen LogP contribution >= 0.6 is 0 Å². The number of piperidine rings is 1. The molecule has 3 aromatic rings. The van der Waals surface area contributed by atoms with Crippen molar-refractivity contribution in [3.8, 4) is 11.1 Å². The van der Waals surface area contributed by atoms with Crippen LogP contribution in [0.2, 0.25) is 0 Å². The Morgan fingerprint density at radius 1 is 0.919 bits per heavy atom. The fourth-order valence-electron chi connectivity index (χ4n) is 5.56. The SMILES string of the molecule is Cc1ccc(N2CCN(C)CC2)cc1C(=O)N[C@H](C)c1cccc(-c2ccc(C3CCNCC3)cc2)c1. The monoisotopic (exact) mass is 496 g/mol. The quantitative estimate of drug-likeness (QED) is 0.482. The summed E-state index contributed by atoms with van der Waals surface area (Å²) in [5.41, 5.74) is 7.85. The van der Waals surface area contributed by atoms with Gasteiger partial charge in [-0.15, -0.1) is 0 Å². The number of hydrogen-bond acceptors (Lipinski definition) is 4. The van der Waals surface area contributed by atoms with E-state index in [1.54, 1.807) is 0 Å². The van der Waals surface area contributed by atoms with Crippen molar-refractivity contribution in [3.05, 3.63) is 89.0 Å². The number of carbonyl (C=O) groups is 1. The van der Waals surface area contributed by atoms with Gasteiger partial charge in [-0.1, -0.05) is 48.5 Å². The standard InChI is InChI=1S/C32H40N4O/c1-23-7-12-30(36-19-17-35(3)18-20-36)22-31(23)32(37)34-24(2)28-5-4-6-29(21-28)26-10-8-25(9-11-26)27-13-15-33-16-14-27/h4-12,21-22,24,27,33H,13-20H2,1-3H3,(H,34,37)/t24-/m1/s1. The molecule has 2 aliphatic rings. The average molecular weight is 497 g/mol. The highest BCUT2D eigenvalue weighted by atomic mass is 16.1. The van der Waals surface area contributed by atoms with Crippen molar-refractivity contribution in [1.29, 1.82) is 0 Å². The van der Waals surface area contributed by atoms with Gasteiger partial charge >= 0.3 is 0 Å². The molecule has 194 valence electrons. The minimum absolute atomic E-state index is 0.0160. The Morgan fingerprint density at radius 2 is 1.65 bits per heavy atom. The van der Waals surface area contributed by atoms with E-state index in [1.165, 1.54) is 29.5 Å². The summed E-state index contributed by atoms with van der Waals surface area (Å²) in [5.74, 6) is 0.646. The van der Waals surface area contributed by atoms with Crippen LogP contribution < -0.4 is 15.5 Å². The molecule has 0 unspecified atom stereocenters. The normalized spacial score (nSPS) is 18.0. The fraction of sp³-hybridized carbons (Fsp3) is 0.406. The van der Waals surface area contributed by atoms with Crippen molar-refractivity contribution in [2.75, 3.05) is 51.2 Å². The number of rotatable bonds is 6. The van der Waals surface area contributed by atoms with E-state index in [0.717, 1.165) is 61.6 Å². The minimum atomic E-state index is -0.0897. The van der Waals surface area contributed by atoms with Crippen LogP contribution in [0.15, 0.2) is 66.7 Å². The Kier molecular flexibility index (Phi) is 7.92. The maximum absolute atomic E-state index is 13.3. The first-order chi connectivity index (χ1) is 18.0. The van der Waals surface area contributed by atoms with Crippen molar-refractivity contribution in [2.24, 2.45) is 0 Å². The lowest BCUT2D eigenvalue weighted by atomic mass is 9.89. The number of aryl methyl sites for hydroxylation is 1. The summed E-state index contributed by atoms with van der Waals surface area (Å²) in [7, 11) is 2.16. The molecule has 0 bridgehead atoms. The van der Waals surface area contributed by atoms with E-state index in [1.807, 2.05) is 6.92 Å². The number of nitrogens with zero attached hydrogens (tertiary/aromatic N) is 2. The lowest BCUT2D eigenvalue weighted by Gasteiger charge is -2.34. The molecule has 2 aliphatic heterocycles. The molecule has 0 radical (unpaired) electrons. The van der Waals surface area contributed by atoms with Gasteiger partial charge in [0.15, 0.2) is 0 Å². The van der Waals surface area contributed by atoms with Crippen molar-refractivity contribution in [3.63, 3.8) is 0 Å². The minimum Gasteiger partial charge on any atom is -0.369 e. The Labute approximate surface area is 221 Å². The number of benzene rings is 3. The number of piperazine rings is 1. The first-order valence-corrected chi connectivity index (χ1v) is 13.7. The number of hydrogen-bond donors (Lipinski definition) is 2. The third-order valence-corrected chi connectivity index (χ3v) is 8.12. The number of carbonyl (C=O) groups excluding carboxylic acids is 1. The smallest absolute Gasteiger partial charge is 0.252 e. The Morgan fingerprint density at radius 3 is 2.38 bits per heavy atom. The molecule has 1 atom stereocenters. The molecule has 5 nitrogen and oxygen atoms in total. The largest absolute Gasteiger partial charge is 0.369 e. The van der Waals surface area contributed by atoms with E-state index in [2.05, 4.69) is 101 Å². The maximum atomic E-state index is 13.3. The van der Waals surface area contributed by atoms with Gasteiger partial charge in [-0.2, -0.15) is 0 Å². The summed E-state index contributed by atoms with van der Waals surface area (Å²) in [4.78, 5) is 18.1. The van der Waals surface area contributed by atoms with Gasteiger partial charge in [-0.25, -0.2) is 0 Å². The Bertz CT molecular complexity index is 1210. The molecule has 2 saturated heterocycles. The fourth-order valence-corrected chi connectivity index (χ4v) is 5.56. The van der Waals surface area contributed by atoms with Crippen molar-refractivity contribution in [2.45, 2.75) is 38.6 Å². The number of anilines is 1. The molecule has 3 aromatic carbocycles. The molecule has 5 heteroatoms. The molecule has 2 N–H and O–H groups in total. The summed E-state index contributed by atoms with van der Waals surface area (Å²) in [5, 5.41) is 6.70. The van der Waals surface area contributed by atoms with Crippen LogP contribution in [0.5, 0.6) is 0 Å². The van der Waals surface area contributed by atoms with Gasteiger partial charge in [0.1, 0.15) is 0 Å². The van der Waals surface area contributed by atoms with E-state index >= 15 is 0 Å². The highest BCUT2D eigenvalue weighted by Crippen LogP contribution is 2.29. The van der Waals surface area contributed by atoms with Crippen LogP contribution in [0.3, 0.4) is 0 Å².